The van der Waals surface area contributed by atoms with Gasteiger partial charge in [0.15, 0.2) is 5.78 Å². The van der Waals surface area contributed by atoms with Crippen molar-refractivity contribution in [1.82, 2.24) is 5.32 Å². The summed E-state index contributed by atoms with van der Waals surface area (Å²) in [4.78, 5) is 26.7. The second-order valence-corrected chi connectivity index (χ2v) is 9.25. The molecule has 0 fully saturated rings. The van der Waals surface area contributed by atoms with E-state index in [-0.39, 0.29) is 17.1 Å². The molecule has 1 aliphatic heterocycles. The third kappa shape index (κ3) is 4.05. The standard InChI is InChI=1S/C26H27FN2O2/c1-15-8-5-6-11-19(15)29-25(31)22-16(2)28-20-13-26(3,4)14-21(30)24(20)23(22)17-9-7-10-18(27)12-17/h5-12,23,28H,13-14H2,1-4H3,(H,29,31)/t23-/m1/s1. The van der Waals surface area contributed by atoms with Crippen LogP contribution in [0.15, 0.2) is 71.1 Å². The highest BCUT2D eigenvalue weighted by molar-refractivity contribution is 6.10. The molecule has 2 aromatic carbocycles. The van der Waals surface area contributed by atoms with E-state index >= 15 is 0 Å². The number of dihydropyridines is 1. The topological polar surface area (TPSA) is 58.2 Å². The van der Waals surface area contributed by atoms with E-state index in [1.807, 2.05) is 38.1 Å². The van der Waals surface area contributed by atoms with E-state index in [1.54, 1.807) is 12.1 Å². The molecule has 0 saturated carbocycles. The number of rotatable bonds is 3. The molecule has 31 heavy (non-hydrogen) atoms. The summed E-state index contributed by atoms with van der Waals surface area (Å²) in [6, 6.07) is 13.7. The first-order chi connectivity index (χ1) is 14.7. The van der Waals surface area contributed by atoms with Crippen LogP contribution in [0.2, 0.25) is 0 Å². The van der Waals surface area contributed by atoms with Crippen molar-refractivity contribution in [2.75, 3.05) is 5.32 Å². The number of nitrogens with one attached hydrogen (secondary N) is 2. The van der Waals surface area contributed by atoms with Gasteiger partial charge in [0.2, 0.25) is 0 Å². The maximum atomic E-state index is 14.2. The molecule has 0 unspecified atom stereocenters. The van der Waals surface area contributed by atoms with Crippen LogP contribution in [-0.4, -0.2) is 11.7 Å². The van der Waals surface area contributed by atoms with Gasteiger partial charge in [-0.15, -0.1) is 0 Å². The van der Waals surface area contributed by atoms with Crippen molar-refractivity contribution in [2.24, 2.45) is 5.41 Å². The highest BCUT2D eigenvalue weighted by Crippen LogP contribution is 2.46. The third-order valence-electron chi connectivity index (χ3n) is 6.06. The summed E-state index contributed by atoms with van der Waals surface area (Å²) in [5.41, 5.74) is 4.63. The Hall–Kier alpha value is -3.21. The number of amides is 1. The number of Topliss-reactive ketones (excluding diaryl/α,β-unsaturated/α-hetero) is 1. The molecule has 1 aliphatic carbocycles. The van der Waals surface area contributed by atoms with Gasteiger partial charge in [0.05, 0.1) is 0 Å². The monoisotopic (exact) mass is 418 g/mol. The zero-order valence-corrected chi connectivity index (χ0v) is 18.3. The van der Waals surface area contributed by atoms with Gasteiger partial charge in [-0.05, 0) is 55.0 Å². The summed E-state index contributed by atoms with van der Waals surface area (Å²) < 4.78 is 14.2. The first kappa shape index (κ1) is 21.0. The number of allylic oxidation sites excluding steroid dienone is 3. The van der Waals surface area contributed by atoms with E-state index in [0.29, 0.717) is 40.9 Å². The number of carbonyl (C=O) groups is 2. The molecule has 4 rings (SSSR count). The van der Waals surface area contributed by atoms with E-state index in [9.17, 15) is 14.0 Å². The number of halogens is 1. The zero-order chi connectivity index (χ0) is 22.3. The van der Waals surface area contributed by atoms with E-state index in [4.69, 9.17) is 0 Å². The molecule has 0 spiro atoms. The van der Waals surface area contributed by atoms with Gasteiger partial charge in [-0.3, -0.25) is 9.59 Å². The highest BCUT2D eigenvalue weighted by Gasteiger charge is 2.42. The summed E-state index contributed by atoms with van der Waals surface area (Å²) in [6.07, 6.45) is 1.09. The summed E-state index contributed by atoms with van der Waals surface area (Å²) >= 11 is 0. The summed E-state index contributed by atoms with van der Waals surface area (Å²) in [5, 5.41) is 6.32. The Morgan fingerprint density at radius 1 is 1.10 bits per heavy atom. The lowest BCUT2D eigenvalue weighted by molar-refractivity contribution is -0.118. The molecule has 1 atom stereocenters. The van der Waals surface area contributed by atoms with Gasteiger partial charge in [-0.25, -0.2) is 4.39 Å². The average Bonchev–Trinajstić information content (AvgIpc) is 2.67. The molecule has 1 heterocycles. The molecule has 0 aromatic heterocycles. The molecule has 0 saturated heterocycles. The van der Waals surface area contributed by atoms with Crippen molar-refractivity contribution < 1.29 is 14.0 Å². The smallest absolute Gasteiger partial charge is 0.254 e. The van der Waals surface area contributed by atoms with Crippen LogP contribution in [0.1, 0.15) is 50.7 Å². The number of hydrogen-bond donors (Lipinski definition) is 2. The molecular weight excluding hydrogens is 391 g/mol. The number of anilines is 1. The van der Waals surface area contributed by atoms with E-state index in [1.165, 1.54) is 12.1 Å². The fourth-order valence-electron chi connectivity index (χ4n) is 4.66. The Morgan fingerprint density at radius 2 is 1.84 bits per heavy atom. The lowest BCUT2D eigenvalue weighted by Crippen LogP contribution is -2.39. The number of ketones is 1. The minimum atomic E-state index is -0.612. The Kier molecular flexibility index (Phi) is 5.29. The van der Waals surface area contributed by atoms with Crippen molar-refractivity contribution in [3.05, 3.63) is 88.0 Å². The molecule has 160 valence electrons. The first-order valence-electron chi connectivity index (χ1n) is 10.5. The van der Waals surface area contributed by atoms with Crippen LogP contribution >= 0.6 is 0 Å². The maximum absolute atomic E-state index is 14.2. The minimum Gasteiger partial charge on any atom is -0.362 e. The van der Waals surface area contributed by atoms with Gasteiger partial charge in [-0.2, -0.15) is 0 Å². The molecule has 0 bridgehead atoms. The lowest BCUT2D eigenvalue weighted by atomic mass is 9.68. The molecule has 0 radical (unpaired) electrons. The summed E-state index contributed by atoms with van der Waals surface area (Å²) in [6.45, 7) is 7.89. The van der Waals surface area contributed by atoms with Crippen LogP contribution in [0.4, 0.5) is 10.1 Å². The maximum Gasteiger partial charge on any atom is 0.254 e. The number of hydrogen-bond acceptors (Lipinski definition) is 3. The van der Waals surface area contributed by atoms with Crippen LogP contribution < -0.4 is 10.6 Å². The second-order valence-electron chi connectivity index (χ2n) is 9.25. The molecule has 2 aromatic rings. The molecule has 2 N–H and O–H groups in total. The van der Waals surface area contributed by atoms with E-state index in [0.717, 1.165) is 11.3 Å². The van der Waals surface area contributed by atoms with Crippen LogP contribution in [0.5, 0.6) is 0 Å². The van der Waals surface area contributed by atoms with Crippen LogP contribution in [0, 0.1) is 18.2 Å². The van der Waals surface area contributed by atoms with Gasteiger partial charge < -0.3 is 10.6 Å². The molecule has 1 amide bonds. The number of para-hydroxylation sites is 1. The second kappa shape index (κ2) is 7.80. The molecule has 2 aliphatic rings. The Morgan fingerprint density at radius 3 is 2.55 bits per heavy atom. The first-order valence-corrected chi connectivity index (χ1v) is 10.5. The van der Waals surface area contributed by atoms with Crippen LogP contribution in [-0.2, 0) is 9.59 Å². The van der Waals surface area contributed by atoms with Gasteiger partial charge >= 0.3 is 0 Å². The fourth-order valence-corrected chi connectivity index (χ4v) is 4.66. The SMILES string of the molecule is CC1=C(C(=O)Nc2ccccc2C)[C@@H](c2cccc(F)c2)C2=C(CC(C)(C)CC2=O)N1. The molecular formula is C26H27FN2O2. The molecule has 5 heteroatoms. The van der Waals surface area contributed by atoms with E-state index in [2.05, 4.69) is 24.5 Å². The van der Waals surface area contributed by atoms with Crippen molar-refractivity contribution in [3.8, 4) is 0 Å². The normalized spacial score (nSPS) is 20.3. The van der Waals surface area contributed by atoms with Gasteiger partial charge in [-0.1, -0.05) is 44.2 Å². The Bertz CT molecular complexity index is 1140. The fraction of sp³-hybridized carbons (Fsp3) is 0.308. The van der Waals surface area contributed by atoms with Crippen molar-refractivity contribution in [2.45, 2.75) is 46.5 Å². The van der Waals surface area contributed by atoms with Crippen molar-refractivity contribution in [1.29, 1.82) is 0 Å². The third-order valence-corrected chi connectivity index (χ3v) is 6.06. The highest BCUT2D eigenvalue weighted by atomic mass is 19.1. The van der Waals surface area contributed by atoms with Gasteiger partial charge in [0, 0.05) is 40.6 Å². The zero-order valence-electron chi connectivity index (χ0n) is 18.3. The largest absolute Gasteiger partial charge is 0.362 e. The van der Waals surface area contributed by atoms with Crippen molar-refractivity contribution in [3.63, 3.8) is 0 Å². The predicted octanol–water partition coefficient (Wildman–Crippen LogP) is 5.38. The van der Waals surface area contributed by atoms with Crippen LogP contribution in [0.25, 0.3) is 0 Å². The van der Waals surface area contributed by atoms with Gasteiger partial charge in [0.25, 0.3) is 5.91 Å². The minimum absolute atomic E-state index is 0.00158. The van der Waals surface area contributed by atoms with E-state index < -0.39 is 11.7 Å². The lowest BCUT2D eigenvalue weighted by Gasteiger charge is -2.39. The molecule has 4 nitrogen and oxygen atoms in total. The van der Waals surface area contributed by atoms with Gasteiger partial charge in [0.1, 0.15) is 5.82 Å². The predicted molar refractivity (Wildman–Crippen MR) is 120 cm³/mol. The Labute approximate surface area is 182 Å². The summed E-state index contributed by atoms with van der Waals surface area (Å²) in [7, 11) is 0. The number of benzene rings is 2. The quantitative estimate of drug-likeness (QED) is 0.704. The number of aryl methyl sites for hydroxylation is 1. The Balaban J connectivity index is 1.83. The van der Waals surface area contributed by atoms with Crippen molar-refractivity contribution >= 4 is 17.4 Å². The summed E-state index contributed by atoms with van der Waals surface area (Å²) in [5.74, 6) is -1.29. The average molecular weight is 419 g/mol. The van der Waals surface area contributed by atoms with Crippen LogP contribution in [0.3, 0.4) is 0 Å². The number of carbonyl (C=O) groups excluding carboxylic acids is 2.